The van der Waals surface area contributed by atoms with E-state index < -0.39 is 7.49 Å². The summed E-state index contributed by atoms with van der Waals surface area (Å²) in [5.41, 5.74) is 0. The molecule has 1 atom stereocenters. The van der Waals surface area contributed by atoms with E-state index in [0.717, 1.165) is 19.0 Å². The number of rotatable bonds is 5. The number of nitrogens with zero attached hydrogens (tertiary/aromatic N) is 3. The van der Waals surface area contributed by atoms with Gasteiger partial charge in [-0.15, -0.1) is 0 Å². The minimum atomic E-state index is -2.39. The molecule has 0 aromatic rings. The average molecular weight is 261 g/mol. The molecule has 0 bridgehead atoms. The van der Waals surface area contributed by atoms with Crippen LogP contribution in [0.15, 0.2) is 4.76 Å². The highest BCUT2D eigenvalue weighted by Crippen LogP contribution is 2.50. The van der Waals surface area contributed by atoms with Gasteiger partial charge in [0.15, 0.2) is 0 Å². The second kappa shape index (κ2) is 5.89. The molecule has 0 spiro atoms. The molecule has 1 aliphatic heterocycles. The van der Waals surface area contributed by atoms with Crippen molar-refractivity contribution in [3.63, 3.8) is 0 Å². The first-order valence-electron chi connectivity index (χ1n) is 5.97. The van der Waals surface area contributed by atoms with Crippen molar-refractivity contribution in [1.82, 2.24) is 9.80 Å². The summed E-state index contributed by atoms with van der Waals surface area (Å²) in [6.45, 7) is 8.40. The lowest BCUT2D eigenvalue weighted by Gasteiger charge is -2.25. The standard InChI is InChI=1S/C11H24N3O2P/c1-7-15-17(6,16-10(2)3)12-11-13(4)8-9-14(11)5/h10H,6-9H2,1-5H3. The summed E-state index contributed by atoms with van der Waals surface area (Å²) in [4.78, 5) is 4.20. The van der Waals surface area contributed by atoms with Gasteiger partial charge < -0.3 is 18.8 Å². The second-order valence-electron chi connectivity index (χ2n) is 4.45. The first-order chi connectivity index (χ1) is 7.88. The lowest BCUT2D eigenvalue weighted by molar-refractivity contribution is 0.208. The molecular formula is C11H24N3O2P. The zero-order chi connectivity index (χ0) is 13.1. The lowest BCUT2D eigenvalue weighted by atomic mass is 10.5. The summed E-state index contributed by atoms with van der Waals surface area (Å²) >= 11 is 0. The maximum absolute atomic E-state index is 5.77. The number of likely N-dealkylation sites (N-methyl/N-ethyl adjacent to an activating group) is 2. The molecule has 1 aliphatic rings. The van der Waals surface area contributed by atoms with Gasteiger partial charge in [0.05, 0.1) is 12.7 Å². The Hall–Kier alpha value is -0.510. The fraction of sp³-hybridized carbons (Fsp3) is 0.818. The van der Waals surface area contributed by atoms with E-state index in [9.17, 15) is 0 Å². The van der Waals surface area contributed by atoms with Gasteiger partial charge >= 0.3 is 0 Å². The van der Waals surface area contributed by atoms with Crippen molar-refractivity contribution in [3.8, 4) is 0 Å². The van der Waals surface area contributed by atoms with Crippen molar-refractivity contribution in [2.75, 3.05) is 33.8 Å². The maximum Gasteiger partial charge on any atom is 0.237 e. The molecule has 0 N–H and O–H groups in total. The van der Waals surface area contributed by atoms with Crippen molar-refractivity contribution in [1.29, 1.82) is 0 Å². The van der Waals surface area contributed by atoms with E-state index in [1.165, 1.54) is 0 Å². The van der Waals surface area contributed by atoms with Gasteiger partial charge in [-0.3, -0.25) is 0 Å². The summed E-state index contributed by atoms with van der Waals surface area (Å²) in [6.07, 6.45) is 4.12. The van der Waals surface area contributed by atoms with E-state index >= 15 is 0 Å². The Balaban J connectivity index is 2.91. The van der Waals surface area contributed by atoms with Gasteiger partial charge in [-0.25, -0.2) is 0 Å². The zero-order valence-electron chi connectivity index (χ0n) is 11.5. The monoisotopic (exact) mass is 261 g/mol. The Labute approximate surface area is 105 Å². The molecular weight excluding hydrogens is 237 g/mol. The van der Waals surface area contributed by atoms with Crippen LogP contribution >= 0.6 is 7.49 Å². The molecule has 1 saturated heterocycles. The third-order valence-electron chi connectivity index (χ3n) is 2.40. The molecule has 0 radical (unpaired) electrons. The Morgan fingerprint density at radius 3 is 2.29 bits per heavy atom. The molecule has 1 fully saturated rings. The van der Waals surface area contributed by atoms with E-state index in [1.807, 2.05) is 34.9 Å². The molecule has 5 nitrogen and oxygen atoms in total. The third kappa shape index (κ3) is 4.02. The molecule has 17 heavy (non-hydrogen) atoms. The molecule has 0 aromatic heterocycles. The van der Waals surface area contributed by atoms with Crippen molar-refractivity contribution < 1.29 is 9.05 Å². The molecule has 1 unspecified atom stereocenters. The number of guanidine groups is 1. The van der Waals surface area contributed by atoms with Gasteiger partial charge in [-0.05, 0) is 27.1 Å². The molecule has 0 amide bonds. The van der Waals surface area contributed by atoms with Crippen molar-refractivity contribution >= 4 is 19.7 Å². The fourth-order valence-corrected chi connectivity index (χ4v) is 3.50. The summed E-state index contributed by atoms with van der Waals surface area (Å²) < 4.78 is 16.0. The van der Waals surface area contributed by atoms with Crippen LogP contribution in [0.25, 0.3) is 0 Å². The molecule has 100 valence electrons. The van der Waals surface area contributed by atoms with Gasteiger partial charge in [0.2, 0.25) is 13.5 Å². The van der Waals surface area contributed by atoms with E-state index in [-0.39, 0.29) is 6.10 Å². The first kappa shape index (κ1) is 14.6. The predicted octanol–water partition coefficient (Wildman–Crippen LogP) is 1.88. The Kier molecular flexibility index (Phi) is 5.04. The molecule has 6 heteroatoms. The van der Waals surface area contributed by atoms with Crippen LogP contribution < -0.4 is 0 Å². The van der Waals surface area contributed by atoms with Gasteiger partial charge in [0.1, 0.15) is 0 Å². The van der Waals surface area contributed by atoms with E-state index in [1.54, 1.807) is 0 Å². The van der Waals surface area contributed by atoms with Crippen molar-refractivity contribution in [3.05, 3.63) is 0 Å². The predicted molar refractivity (Wildman–Crippen MR) is 74.6 cm³/mol. The smallest absolute Gasteiger partial charge is 0.237 e. The normalized spacial score (nSPS) is 20.0. The number of hydrogen-bond donors (Lipinski definition) is 0. The van der Waals surface area contributed by atoms with Gasteiger partial charge in [-0.2, -0.15) is 4.76 Å². The van der Waals surface area contributed by atoms with Crippen LogP contribution in [-0.2, 0) is 9.05 Å². The quantitative estimate of drug-likeness (QED) is 0.708. The minimum Gasteiger partial charge on any atom is -0.344 e. The Morgan fingerprint density at radius 2 is 1.88 bits per heavy atom. The van der Waals surface area contributed by atoms with Crippen LogP contribution in [0.2, 0.25) is 0 Å². The topological polar surface area (TPSA) is 37.3 Å². The largest absolute Gasteiger partial charge is 0.344 e. The van der Waals surface area contributed by atoms with Crippen LogP contribution in [-0.4, -0.2) is 62.0 Å². The SMILES string of the molecule is C=P(N=C1N(C)CCN1C)(OCC)OC(C)C. The van der Waals surface area contributed by atoms with Crippen LogP contribution in [0, 0.1) is 0 Å². The maximum atomic E-state index is 5.77. The fourth-order valence-electron chi connectivity index (χ4n) is 1.69. The first-order valence-corrected chi connectivity index (χ1v) is 7.73. The van der Waals surface area contributed by atoms with Crippen molar-refractivity contribution in [2.24, 2.45) is 4.76 Å². The molecule has 0 aliphatic carbocycles. The second-order valence-corrected chi connectivity index (χ2v) is 6.40. The zero-order valence-corrected chi connectivity index (χ0v) is 12.4. The molecule has 1 rings (SSSR count). The summed E-state index contributed by atoms with van der Waals surface area (Å²) in [5, 5.41) is 0. The highest BCUT2D eigenvalue weighted by molar-refractivity contribution is 7.63. The Morgan fingerprint density at radius 1 is 1.35 bits per heavy atom. The summed E-state index contributed by atoms with van der Waals surface area (Å²) in [5.74, 6) is 0.905. The number of hydrogen-bond acceptors (Lipinski definition) is 3. The highest BCUT2D eigenvalue weighted by Gasteiger charge is 2.25. The average Bonchev–Trinajstić information content (AvgIpc) is 2.48. The summed E-state index contributed by atoms with van der Waals surface area (Å²) in [6, 6.07) is 0. The summed E-state index contributed by atoms with van der Waals surface area (Å²) in [7, 11) is 1.65. The van der Waals surface area contributed by atoms with Crippen LogP contribution in [0.5, 0.6) is 0 Å². The van der Waals surface area contributed by atoms with E-state index in [4.69, 9.17) is 9.05 Å². The van der Waals surface area contributed by atoms with Gasteiger partial charge in [0.25, 0.3) is 0 Å². The molecule has 0 aromatic carbocycles. The van der Waals surface area contributed by atoms with E-state index in [2.05, 4.69) is 20.9 Å². The molecule has 0 saturated carbocycles. The lowest BCUT2D eigenvalue weighted by Crippen LogP contribution is -2.28. The van der Waals surface area contributed by atoms with E-state index in [0.29, 0.717) is 6.61 Å². The van der Waals surface area contributed by atoms with Crippen LogP contribution in [0.4, 0.5) is 0 Å². The highest BCUT2D eigenvalue weighted by atomic mass is 31.2. The van der Waals surface area contributed by atoms with Crippen LogP contribution in [0.3, 0.4) is 0 Å². The Bertz CT molecular complexity index is 319. The van der Waals surface area contributed by atoms with Crippen molar-refractivity contribution in [2.45, 2.75) is 26.9 Å². The minimum absolute atomic E-state index is 0.0637. The third-order valence-corrected chi connectivity index (χ3v) is 4.30. The van der Waals surface area contributed by atoms with Gasteiger partial charge in [0, 0.05) is 27.2 Å². The molecule has 1 heterocycles. The van der Waals surface area contributed by atoms with Crippen LogP contribution in [0.1, 0.15) is 20.8 Å². The van der Waals surface area contributed by atoms with Gasteiger partial charge in [-0.1, -0.05) is 0 Å².